The number of aliphatic hydroxyl groups is 2. The highest BCUT2D eigenvalue weighted by Crippen LogP contribution is 2.18. The first-order valence-corrected chi connectivity index (χ1v) is 6.43. The minimum atomic E-state index is 0.0545. The molecule has 100 valence electrons. The Morgan fingerprint density at radius 2 is 1.47 bits per heavy atom. The summed E-state index contributed by atoms with van der Waals surface area (Å²) >= 11 is 0. The number of aliphatic hydroxyl groups excluding tert-OH is 2. The van der Waals surface area contributed by atoms with Gasteiger partial charge < -0.3 is 15.1 Å². The topological polar surface area (TPSA) is 43.7 Å². The third kappa shape index (κ3) is 3.81. The molecule has 0 aromatic heterocycles. The van der Waals surface area contributed by atoms with Crippen LogP contribution in [-0.4, -0.2) is 23.4 Å². The number of hydrogen-bond acceptors (Lipinski definition) is 3. The third-order valence-electron chi connectivity index (χ3n) is 3.07. The van der Waals surface area contributed by atoms with Gasteiger partial charge in [0.05, 0.1) is 13.2 Å². The van der Waals surface area contributed by atoms with E-state index < -0.39 is 0 Å². The Kier molecular flexibility index (Phi) is 4.95. The highest BCUT2D eigenvalue weighted by Gasteiger charge is 2.06. The number of anilines is 1. The lowest BCUT2D eigenvalue weighted by Crippen LogP contribution is -2.26. The monoisotopic (exact) mass is 257 g/mol. The SMILES string of the molecule is OCCN(Cc1ccccc1)c1ccc(CO)cc1. The van der Waals surface area contributed by atoms with E-state index in [9.17, 15) is 5.11 Å². The molecule has 3 heteroatoms. The van der Waals surface area contributed by atoms with E-state index in [0.29, 0.717) is 6.54 Å². The largest absolute Gasteiger partial charge is 0.395 e. The summed E-state index contributed by atoms with van der Waals surface area (Å²) in [4.78, 5) is 2.12. The first-order valence-electron chi connectivity index (χ1n) is 6.43. The average molecular weight is 257 g/mol. The van der Waals surface area contributed by atoms with Crippen molar-refractivity contribution >= 4 is 5.69 Å². The van der Waals surface area contributed by atoms with Crippen LogP contribution in [0.1, 0.15) is 11.1 Å². The van der Waals surface area contributed by atoms with Crippen LogP contribution in [0.25, 0.3) is 0 Å². The summed E-state index contributed by atoms with van der Waals surface area (Å²) in [5, 5.41) is 18.2. The summed E-state index contributed by atoms with van der Waals surface area (Å²) in [5.74, 6) is 0. The van der Waals surface area contributed by atoms with Gasteiger partial charge in [-0.3, -0.25) is 0 Å². The molecule has 0 saturated heterocycles. The fourth-order valence-electron chi connectivity index (χ4n) is 2.04. The molecule has 0 saturated carbocycles. The van der Waals surface area contributed by atoms with Crippen LogP contribution in [0.5, 0.6) is 0 Å². The molecule has 2 rings (SSSR count). The smallest absolute Gasteiger partial charge is 0.0681 e. The Bertz CT molecular complexity index is 482. The van der Waals surface area contributed by atoms with Crippen LogP contribution in [0.2, 0.25) is 0 Å². The zero-order chi connectivity index (χ0) is 13.5. The van der Waals surface area contributed by atoms with Crippen LogP contribution in [0, 0.1) is 0 Å². The zero-order valence-electron chi connectivity index (χ0n) is 10.9. The predicted octanol–water partition coefficient (Wildman–Crippen LogP) is 2.18. The second kappa shape index (κ2) is 6.92. The maximum Gasteiger partial charge on any atom is 0.0681 e. The van der Waals surface area contributed by atoms with Gasteiger partial charge >= 0.3 is 0 Å². The molecule has 0 aliphatic carbocycles. The molecule has 3 nitrogen and oxygen atoms in total. The third-order valence-corrected chi connectivity index (χ3v) is 3.07. The maximum absolute atomic E-state index is 9.20. The van der Waals surface area contributed by atoms with E-state index in [4.69, 9.17) is 5.11 Å². The van der Waals surface area contributed by atoms with E-state index in [-0.39, 0.29) is 13.2 Å². The summed E-state index contributed by atoms with van der Waals surface area (Å²) < 4.78 is 0. The minimum absolute atomic E-state index is 0.0545. The Morgan fingerprint density at radius 1 is 0.789 bits per heavy atom. The molecule has 19 heavy (non-hydrogen) atoms. The van der Waals surface area contributed by atoms with Gasteiger partial charge in [-0.15, -0.1) is 0 Å². The zero-order valence-corrected chi connectivity index (χ0v) is 10.9. The minimum Gasteiger partial charge on any atom is -0.395 e. The molecular formula is C16H19NO2. The van der Waals surface area contributed by atoms with Crippen LogP contribution >= 0.6 is 0 Å². The van der Waals surface area contributed by atoms with Crippen LogP contribution in [0.15, 0.2) is 54.6 Å². The second-order valence-electron chi connectivity index (χ2n) is 4.46. The summed E-state index contributed by atoms with van der Waals surface area (Å²) in [6, 6.07) is 17.9. The van der Waals surface area contributed by atoms with E-state index in [2.05, 4.69) is 17.0 Å². The fraction of sp³-hybridized carbons (Fsp3) is 0.250. The van der Waals surface area contributed by atoms with Crippen LogP contribution < -0.4 is 4.90 Å². The van der Waals surface area contributed by atoms with Gasteiger partial charge in [-0.1, -0.05) is 42.5 Å². The Balaban J connectivity index is 2.14. The summed E-state index contributed by atoms with van der Waals surface area (Å²) in [5.41, 5.74) is 3.16. The van der Waals surface area contributed by atoms with Crippen molar-refractivity contribution in [1.82, 2.24) is 0 Å². The van der Waals surface area contributed by atoms with Crippen molar-refractivity contribution in [3.63, 3.8) is 0 Å². The van der Waals surface area contributed by atoms with E-state index in [0.717, 1.165) is 17.8 Å². The molecule has 2 aromatic carbocycles. The normalized spacial score (nSPS) is 10.4. The van der Waals surface area contributed by atoms with E-state index in [1.54, 1.807) is 0 Å². The lowest BCUT2D eigenvalue weighted by molar-refractivity contribution is 0.282. The predicted molar refractivity (Wildman–Crippen MR) is 76.9 cm³/mol. The van der Waals surface area contributed by atoms with Gasteiger partial charge in [0.2, 0.25) is 0 Å². The number of nitrogens with zero attached hydrogens (tertiary/aromatic N) is 1. The summed E-state index contributed by atoms with van der Waals surface area (Å²) in [7, 11) is 0. The standard InChI is InChI=1S/C16H19NO2/c18-11-10-17(12-14-4-2-1-3-5-14)16-8-6-15(13-19)7-9-16/h1-9,18-19H,10-13H2. The molecule has 0 bridgehead atoms. The molecule has 0 atom stereocenters. The maximum atomic E-state index is 9.20. The fourth-order valence-corrected chi connectivity index (χ4v) is 2.04. The Hall–Kier alpha value is -1.84. The number of rotatable bonds is 6. The highest BCUT2D eigenvalue weighted by molar-refractivity contribution is 5.48. The molecule has 2 aromatic rings. The molecule has 0 spiro atoms. The Morgan fingerprint density at radius 3 is 2.05 bits per heavy atom. The second-order valence-corrected chi connectivity index (χ2v) is 4.46. The van der Waals surface area contributed by atoms with Gasteiger partial charge in [0.15, 0.2) is 0 Å². The lowest BCUT2D eigenvalue weighted by Gasteiger charge is -2.24. The number of hydrogen-bond donors (Lipinski definition) is 2. The van der Waals surface area contributed by atoms with E-state index in [1.807, 2.05) is 42.5 Å². The molecule has 2 N–H and O–H groups in total. The summed E-state index contributed by atoms with van der Waals surface area (Å²) in [6.45, 7) is 1.53. The molecule has 0 fully saturated rings. The molecule has 0 heterocycles. The van der Waals surface area contributed by atoms with Crippen LogP contribution in [-0.2, 0) is 13.2 Å². The van der Waals surface area contributed by atoms with Gasteiger partial charge in [0, 0.05) is 18.8 Å². The Labute approximate surface area is 113 Å². The summed E-state index contributed by atoms with van der Waals surface area (Å²) in [6.07, 6.45) is 0. The lowest BCUT2D eigenvalue weighted by atomic mass is 10.1. The van der Waals surface area contributed by atoms with E-state index >= 15 is 0 Å². The van der Waals surface area contributed by atoms with Crippen molar-refractivity contribution in [3.8, 4) is 0 Å². The van der Waals surface area contributed by atoms with Crippen molar-refractivity contribution in [2.75, 3.05) is 18.1 Å². The molecule has 0 radical (unpaired) electrons. The first kappa shape index (κ1) is 13.6. The van der Waals surface area contributed by atoms with Crippen molar-refractivity contribution < 1.29 is 10.2 Å². The van der Waals surface area contributed by atoms with Crippen molar-refractivity contribution in [3.05, 3.63) is 65.7 Å². The van der Waals surface area contributed by atoms with Gasteiger partial charge in [0.25, 0.3) is 0 Å². The highest BCUT2D eigenvalue weighted by atomic mass is 16.3. The van der Waals surface area contributed by atoms with Gasteiger partial charge in [-0.25, -0.2) is 0 Å². The molecule has 0 aliphatic rings. The molecule has 0 aliphatic heterocycles. The number of benzene rings is 2. The molecular weight excluding hydrogens is 238 g/mol. The molecule has 0 unspecified atom stereocenters. The first-order chi connectivity index (χ1) is 9.33. The van der Waals surface area contributed by atoms with Gasteiger partial charge in [-0.2, -0.15) is 0 Å². The molecule has 0 amide bonds. The van der Waals surface area contributed by atoms with Gasteiger partial charge in [-0.05, 0) is 23.3 Å². The van der Waals surface area contributed by atoms with Crippen molar-refractivity contribution in [1.29, 1.82) is 0 Å². The van der Waals surface area contributed by atoms with Crippen LogP contribution in [0.3, 0.4) is 0 Å². The quantitative estimate of drug-likeness (QED) is 0.833. The van der Waals surface area contributed by atoms with E-state index in [1.165, 1.54) is 5.56 Å². The van der Waals surface area contributed by atoms with Crippen LogP contribution in [0.4, 0.5) is 5.69 Å². The van der Waals surface area contributed by atoms with Gasteiger partial charge in [0.1, 0.15) is 0 Å². The average Bonchev–Trinajstić information content (AvgIpc) is 2.48. The van der Waals surface area contributed by atoms with Crippen molar-refractivity contribution in [2.24, 2.45) is 0 Å². The van der Waals surface area contributed by atoms with Crippen molar-refractivity contribution in [2.45, 2.75) is 13.2 Å².